The fraction of sp³-hybridized carbons (Fsp3) is 0.559. The Morgan fingerprint density at radius 3 is 2.08 bits per heavy atom. The van der Waals surface area contributed by atoms with Gasteiger partial charge in [-0.3, -0.25) is 4.79 Å². The van der Waals surface area contributed by atoms with Crippen molar-refractivity contribution >= 4 is 10.9 Å². The molecule has 0 aliphatic carbocycles. The van der Waals surface area contributed by atoms with Crippen LogP contribution in [-0.2, 0) is 11.3 Å². The number of unbranched alkanes of at least 4 members (excludes halogenated alkanes) is 11. The minimum atomic E-state index is -0.361. The third kappa shape index (κ3) is 7.96. The number of hydrogen-bond donors (Lipinski definition) is 0. The molecule has 0 amide bonds. The fourth-order valence-corrected chi connectivity index (χ4v) is 5.64. The molecule has 2 aromatic carbocycles. The van der Waals surface area contributed by atoms with E-state index in [-0.39, 0.29) is 11.7 Å². The lowest BCUT2D eigenvalue weighted by Gasteiger charge is -2.26. The topological polar surface area (TPSA) is 40.5 Å². The van der Waals surface area contributed by atoms with Crippen LogP contribution in [0, 0.1) is 0 Å². The smallest absolute Gasteiger partial charge is 0.231 e. The van der Waals surface area contributed by atoms with Gasteiger partial charge in [-0.05, 0) is 31.4 Å². The largest absolute Gasteiger partial charge is 0.459 e. The third-order valence-electron chi connectivity index (χ3n) is 7.80. The van der Waals surface area contributed by atoms with E-state index in [0.717, 1.165) is 54.4 Å². The summed E-state index contributed by atoms with van der Waals surface area (Å²) in [4.78, 5) is 13.7. The van der Waals surface area contributed by atoms with Crippen LogP contribution >= 0.6 is 0 Å². The monoisotopic (exact) mass is 517 g/mol. The third-order valence-corrected chi connectivity index (χ3v) is 7.80. The predicted molar refractivity (Wildman–Crippen MR) is 159 cm³/mol. The summed E-state index contributed by atoms with van der Waals surface area (Å²) in [7, 11) is 0. The number of aromatic nitrogens is 1. The van der Waals surface area contributed by atoms with Crippen LogP contribution < -0.4 is 10.2 Å². The van der Waals surface area contributed by atoms with Gasteiger partial charge in [-0.25, -0.2) is 0 Å². The molecule has 38 heavy (non-hydrogen) atoms. The van der Waals surface area contributed by atoms with E-state index in [1.165, 1.54) is 70.6 Å². The normalized spacial score (nSPS) is 15.7. The molecule has 0 N–H and O–H groups in total. The predicted octanol–water partition coefficient (Wildman–Crippen LogP) is 9.28. The molecule has 0 radical (unpaired) electrons. The average molecular weight is 518 g/mol. The molecule has 1 aliphatic rings. The number of benzene rings is 2. The molecule has 1 saturated heterocycles. The van der Waals surface area contributed by atoms with E-state index < -0.39 is 0 Å². The first-order valence-corrected chi connectivity index (χ1v) is 15.3. The lowest BCUT2D eigenvalue weighted by molar-refractivity contribution is -0.106. The van der Waals surface area contributed by atoms with Crippen molar-refractivity contribution in [3.8, 4) is 17.0 Å². The second kappa shape index (κ2) is 15.7. The van der Waals surface area contributed by atoms with E-state index >= 15 is 0 Å². The Morgan fingerprint density at radius 2 is 1.42 bits per heavy atom. The van der Waals surface area contributed by atoms with Crippen LogP contribution in [0.2, 0.25) is 0 Å². The SMILES string of the molecule is CCCCCCCCCCCCCCn1c(-c2ccccc2)c(OC2CCCCO2)c(=O)c2ccccc21. The van der Waals surface area contributed by atoms with Crippen LogP contribution in [0.25, 0.3) is 22.2 Å². The van der Waals surface area contributed by atoms with E-state index in [1.54, 1.807) is 0 Å². The molecule has 0 bridgehead atoms. The van der Waals surface area contributed by atoms with Crippen molar-refractivity contribution in [2.75, 3.05) is 6.61 Å². The summed E-state index contributed by atoms with van der Waals surface area (Å²) in [5.41, 5.74) is 2.84. The highest BCUT2D eigenvalue weighted by molar-refractivity contribution is 5.86. The maximum Gasteiger partial charge on any atom is 0.231 e. The Morgan fingerprint density at radius 1 is 0.789 bits per heavy atom. The Kier molecular flexibility index (Phi) is 11.8. The first-order chi connectivity index (χ1) is 18.8. The first-order valence-electron chi connectivity index (χ1n) is 15.3. The number of ether oxygens (including phenoxy) is 2. The maximum absolute atomic E-state index is 13.7. The molecule has 1 aliphatic heterocycles. The van der Waals surface area contributed by atoms with Gasteiger partial charge in [0.25, 0.3) is 0 Å². The summed E-state index contributed by atoms with van der Waals surface area (Å²) in [6.45, 7) is 3.83. The highest BCUT2D eigenvalue weighted by atomic mass is 16.7. The van der Waals surface area contributed by atoms with Crippen LogP contribution in [0.5, 0.6) is 5.75 Å². The molecule has 4 heteroatoms. The van der Waals surface area contributed by atoms with Crippen molar-refractivity contribution in [3.05, 3.63) is 64.8 Å². The lowest BCUT2D eigenvalue weighted by atomic mass is 10.0. The first kappa shape index (κ1) is 28.4. The van der Waals surface area contributed by atoms with Crippen LogP contribution in [0.15, 0.2) is 59.4 Å². The van der Waals surface area contributed by atoms with Gasteiger partial charge in [0.15, 0.2) is 12.0 Å². The van der Waals surface area contributed by atoms with Crippen molar-refractivity contribution in [3.63, 3.8) is 0 Å². The second-order valence-corrected chi connectivity index (χ2v) is 10.8. The Bertz CT molecular complexity index is 1150. The second-order valence-electron chi connectivity index (χ2n) is 10.8. The van der Waals surface area contributed by atoms with Crippen LogP contribution in [0.4, 0.5) is 0 Å². The number of rotatable bonds is 16. The quantitative estimate of drug-likeness (QED) is 0.178. The van der Waals surface area contributed by atoms with Gasteiger partial charge in [0.05, 0.1) is 17.8 Å². The molecule has 0 saturated carbocycles. The van der Waals surface area contributed by atoms with Gasteiger partial charge < -0.3 is 14.0 Å². The van der Waals surface area contributed by atoms with Gasteiger partial charge in [0.2, 0.25) is 5.43 Å². The summed E-state index contributed by atoms with van der Waals surface area (Å²) in [5, 5.41) is 0.719. The molecule has 4 nitrogen and oxygen atoms in total. The molecule has 4 rings (SSSR count). The zero-order chi connectivity index (χ0) is 26.4. The maximum atomic E-state index is 13.7. The number of fused-ring (bicyclic) bond motifs is 1. The fourth-order valence-electron chi connectivity index (χ4n) is 5.64. The van der Waals surface area contributed by atoms with Crippen LogP contribution in [0.1, 0.15) is 103 Å². The number of nitrogens with zero attached hydrogens (tertiary/aromatic N) is 1. The number of para-hydroxylation sites is 1. The summed E-state index contributed by atoms with van der Waals surface area (Å²) in [5.74, 6) is 0.431. The van der Waals surface area contributed by atoms with E-state index in [4.69, 9.17) is 9.47 Å². The van der Waals surface area contributed by atoms with Crippen molar-refractivity contribution in [1.82, 2.24) is 4.57 Å². The number of aryl methyl sites for hydroxylation is 1. The van der Waals surface area contributed by atoms with Gasteiger partial charge in [-0.2, -0.15) is 0 Å². The molecule has 1 unspecified atom stereocenters. The minimum absolute atomic E-state index is 0.0421. The molecule has 1 aromatic heterocycles. The standard InChI is InChI=1S/C34H47NO3/c1-2-3-4-5-6-7-8-9-10-11-12-19-26-35-30-24-17-16-23-29(30)33(36)34(38-31-25-18-20-27-37-31)32(35)28-21-14-13-15-22-28/h13-17,21-24,31H,2-12,18-20,25-27H2,1H3. The zero-order valence-corrected chi connectivity index (χ0v) is 23.5. The minimum Gasteiger partial charge on any atom is -0.459 e. The summed E-state index contributed by atoms with van der Waals surface area (Å²) < 4.78 is 14.6. The van der Waals surface area contributed by atoms with Crippen LogP contribution in [0.3, 0.4) is 0 Å². The molecule has 3 aromatic rings. The van der Waals surface area contributed by atoms with Crippen molar-refractivity contribution in [2.45, 2.75) is 116 Å². The zero-order valence-electron chi connectivity index (χ0n) is 23.5. The summed E-state index contributed by atoms with van der Waals surface area (Å²) >= 11 is 0. The van der Waals surface area contributed by atoms with Gasteiger partial charge in [0.1, 0.15) is 0 Å². The summed E-state index contributed by atoms with van der Waals surface area (Å²) in [6.07, 6.45) is 18.5. The summed E-state index contributed by atoms with van der Waals surface area (Å²) in [6, 6.07) is 18.2. The van der Waals surface area contributed by atoms with Gasteiger partial charge in [-0.15, -0.1) is 0 Å². The Hall–Kier alpha value is -2.59. The molecule has 1 atom stereocenters. The van der Waals surface area contributed by atoms with Gasteiger partial charge >= 0.3 is 0 Å². The van der Waals surface area contributed by atoms with Crippen molar-refractivity contribution in [2.24, 2.45) is 0 Å². The highest BCUT2D eigenvalue weighted by Gasteiger charge is 2.24. The Balaban J connectivity index is 1.45. The average Bonchev–Trinajstić information content (AvgIpc) is 2.96. The molecule has 1 fully saturated rings. The molecular weight excluding hydrogens is 470 g/mol. The van der Waals surface area contributed by atoms with E-state index in [0.29, 0.717) is 12.4 Å². The molecule has 206 valence electrons. The lowest BCUT2D eigenvalue weighted by Crippen LogP contribution is -2.28. The van der Waals surface area contributed by atoms with Gasteiger partial charge in [0, 0.05) is 23.9 Å². The van der Waals surface area contributed by atoms with E-state index in [2.05, 4.69) is 29.7 Å². The number of pyridine rings is 1. The number of hydrogen-bond acceptors (Lipinski definition) is 3. The van der Waals surface area contributed by atoms with E-state index in [9.17, 15) is 4.79 Å². The van der Waals surface area contributed by atoms with E-state index in [1.807, 2.05) is 36.4 Å². The Labute approximate surface area is 229 Å². The molecule has 2 heterocycles. The van der Waals surface area contributed by atoms with Crippen molar-refractivity contribution < 1.29 is 9.47 Å². The van der Waals surface area contributed by atoms with Gasteiger partial charge in [-0.1, -0.05) is 120 Å². The van der Waals surface area contributed by atoms with Crippen LogP contribution in [-0.4, -0.2) is 17.5 Å². The molecular formula is C34H47NO3. The highest BCUT2D eigenvalue weighted by Crippen LogP contribution is 2.33. The van der Waals surface area contributed by atoms with Crippen molar-refractivity contribution in [1.29, 1.82) is 0 Å². The molecule has 0 spiro atoms.